The van der Waals surface area contributed by atoms with Crippen LogP contribution in [0.1, 0.15) is 47.5 Å². The van der Waals surface area contributed by atoms with Crippen LogP contribution in [0.4, 0.5) is 0 Å². The first-order valence-electron chi connectivity index (χ1n) is 11.0. The van der Waals surface area contributed by atoms with Gasteiger partial charge in [-0.1, -0.05) is 27.7 Å². The fraction of sp³-hybridized carbons (Fsp3) is 0.783. The smallest absolute Gasteiger partial charge is 0.319 e. The first-order valence-corrected chi connectivity index (χ1v) is 11.0. The van der Waals surface area contributed by atoms with E-state index in [1.54, 1.807) is 13.0 Å². The number of fused-ring (bicyclic) bond motifs is 4. The van der Waals surface area contributed by atoms with Crippen LogP contribution in [-0.2, 0) is 33.3 Å². The van der Waals surface area contributed by atoms with Crippen LogP contribution in [0.2, 0.25) is 0 Å². The maximum Gasteiger partial charge on any atom is 0.319 e. The van der Waals surface area contributed by atoms with E-state index in [2.05, 4.69) is 0 Å². The Morgan fingerprint density at radius 1 is 1.26 bits per heavy atom. The summed E-state index contributed by atoms with van der Waals surface area (Å²) in [6, 6.07) is -0.453. The van der Waals surface area contributed by atoms with Crippen molar-refractivity contribution in [3.05, 3.63) is 11.8 Å². The van der Waals surface area contributed by atoms with Crippen molar-refractivity contribution in [3.8, 4) is 0 Å². The Morgan fingerprint density at radius 2 is 1.94 bits per heavy atom. The van der Waals surface area contributed by atoms with Crippen molar-refractivity contribution < 1.29 is 33.3 Å². The molecule has 0 radical (unpaired) electrons. The quantitative estimate of drug-likeness (QED) is 0.378. The largest absolute Gasteiger partial charge is 0.461 e. The van der Waals surface area contributed by atoms with Gasteiger partial charge in [-0.25, -0.2) is 0 Å². The van der Waals surface area contributed by atoms with E-state index >= 15 is 0 Å². The van der Waals surface area contributed by atoms with Crippen molar-refractivity contribution in [2.45, 2.75) is 77.4 Å². The van der Waals surface area contributed by atoms with Crippen molar-refractivity contribution in [3.63, 3.8) is 0 Å². The third kappa shape index (κ3) is 4.00. The highest BCUT2D eigenvalue weighted by molar-refractivity contribution is 5.81. The fourth-order valence-corrected chi connectivity index (χ4v) is 5.27. The third-order valence-electron chi connectivity index (χ3n) is 6.83. The molecule has 0 amide bonds. The van der Waals surface area contributed by atoms with Gasteiger partial charge in [0.15, 0.2) is 0 Å². The van der Waals surface area contributed by atoms with Crippen LogP contribution < -0.4 is 0 Å². The number of hydrogen-bond acceptors (Lipinski definition) is 8. The fourth-order valence-electron chi connectivity index (χ4n) is 5.27. The molecule has 31 heavy (non-hydrogen) atoms. The Balaban J connectivity index is 1.72. The van der Waals surface area contributed by atoms with Gasteiger partial charge in [0.05, 0.1) is 35.8 Å². The molecule has 3 aliphatic heterocycles. The highest BCUT2D eigenvalue weighted by atomic mass is 16.6. The summed E-state index contributed by atoms with van der Waals surface area (Å²) in [5.74, 6) is -1.91. The van der Waals surface area contributed by atoms with Gasteiger partial charge in [0, 0.05) is 6.42 Å². The van der Waals surface area contributed by atoms with E-state index in [9.17, 15) is 14.4 Å². The van der Waals surface area contributed by atoms with Crippen LogP contribution in [-0.4, -0.2) is 66.9 Å². The molecule has 2 bridgehead atoms. The molecule has 8 unspecified atom stereocenters. The summed E-state index contributed by atoms with van der Waals surface area (Å²) in [4.78, 5) is 39.9. The van der Waals surface area contributed by atoms with Crippen molar-refractivity contribution in [2.24, 2.45) is 23.2 Å². The highest BCUT2D eigenvalue weighted by Gasteiger charge is 2.65. The molecule has 2 saturated heterocycles. The second-order valence-electron chi connectivity index (χ2n) is 11.0. The van der Waals surface area contributed by atoms with Gasteiger partial charge < -0.3 is 23.8 Å². The standard InChI is InChI=1S/C23H33NO7/c1-11-16-13-8-12(21(27)28-13)17(24(6)7)18(30-15(25)10-22(2,3)4)19-23(5,31-19)9-14(16)29-20(11)26/h8,11-12,14,16-19H,9-10H2,1-7H3. The molecule has 0 spiro atoms. The maximum absolute atomic E-state index is 12.9. The summed E-state index contributed by atoms with van der Waals surface area (Å²) in [6.45, 7) is 9.67. The van der Waals surface area contributed by atoms with Crippen molar-refractivity contribution >= 4 is 17.9 Å². The summed E-state index contributed by atoms with van der Waals surface area (Å²) in [5, 5.41) is 0. The molecule has 0 N–H and O–H groups in total. The molecular formula is C23H33NO7. The lowest BCUT2D eigenvalue weighted by molar-refractivity contribution is -0.160. The van der Waals surface area contributed by atoms with E-state index in [0.717, 1.165) is 0 Å². The molecule has 8 nitrogen and oxygen atoms in total. The van der Waals surface area contributed by atoms with Gasteiger partial charge in [0.25, 0.3) is 0 Å². The summed E-state index contributed by atoms with van der Waals surface area (Å²) in [5.41, 5.74) is -0.844. The minimum Gasteiger partial charge on any atom is -0.461 e. The maximum atomic E-state index is 12.9. The minimum atomic E-state index is -0.658. The van der Waals surface area contributed by atoms with Crippen molar-refractivity contribution in [1.29, 1.82) is 0 Å². The van der Waals surface area contributed by atoms with Crippen molar-refractivity contribution in [1.82, 2.24) is 4.90 Å². The van der Waals surface area contributed by atoms with Crippen LogP contribution in [0, 0.1) is 23.2 Å². The van der Waals surface area contributed by atoms with E-state index in [1.807, 2.05) is 46.7 Å². The monoisotopic (exact) mass is 435 g/mol. The van der Waals surface area contributed by atoms with E-state index in [4.69, 9.17) is 18.9 Å². The molecule has 0 aromatic rings. The van der Waals surface area contributed by atoms with E-state index in [-0.39, 0.29) is 29.7 Å². The van der Waals surface area contributed by atoms with E-state index in [0.29, 0.717) is 12.2 Å². The van der Waals surface area contributed by atoms with Crippen LogP contribution >= 0.6 is 0 Å². The van der Waals surface area contributed by atoms with E-state index < -0.39 is 47.8 Å². The van der Waals surface area contributed by atoms with Gasteiger partial charge >= 0.3 is 17.9 Å². The third-order valence-corrected chi connectivity index (χ3v) is 6.83. The number of nitrogens with zero attached hydrogens (tertiary/aromatic N) is 1. The van der Waals surface area contributed by atoms with Crippen LogP contribution in [0.15, 0.2) is 11.8 Å². The predicted octanol–water partition coefficient (Wildman–Crippen LogP) is 2.06. The lowest BCUT2D eigenvalue weighted by Gasteiger charge is -2.34. The van der Waals surface area contributed by atoms with Gasteiger partial charge in [-0.05, 0) is 32.5 Å². The molecule has 8 heteroatoms. The summed E-state index contributed by atoms with van der Waals surface area (Å²) in [6.07, 6.45) is 0.987. The van der Waals surface area contributed by atoms with Crippen LogP contribution in [0.25, 0.3) is 0 Å². The van der Waals surface area contributed by atoms with Gasteiger partial charge in [-0.2, -0.15) is 0 Å². The van der Waals surface area contributed by atoms with Gasteiger partial charge in [-0.3, -0.25) is 14.4 Å². The number of esters is 3. The number of epoxide rings is 1. The molecule has 0 aromatic heterocycles. The second kappa shape index (κ2) is 7.30. The number of likely N-dealkylation sites (N-methyl/N-ethyl adjacent to an activating group) is 1. The average molecular weight is 436 g/mol. The molecular weight excluding hydrogens is 402 g/mol. The average Bonchev–Trinajstić information content (AvgIpc) is 3.00. The van der Waals surface area contributed by atoms with Crippen LogP contribution in [0.5, 0.6) is 0 Å². The number of carbonyl (C=O) groups is 3. The lowest BCUT2D eigenvalue weighted by Crippen LogP contribution is -2.52. The number of rotatable bonds is 3. The Morgan fingerprint density at radius 3 is 2.55 bits per heavy atom. The zero-order valence-corrected chi connectivity index (χ0v) is 19.3. The molecule has 2 fully saturated rings. The van der Waals surface area contributed by atoms with Gasteiger partial charge in [0.1, 0.15) is 24.1 Å². The summed E-state index contributed by atoms with van der Waals surface area (Å²) in [7, 11) is 3.71. The Hall–Kier alpha value is -1.93. The molecule has 8 atom stereocenters. The molecule has 4 aliphatic rings. The molecule has 172 valence electrons. The molecule has 0 aromatic carbocycles. The topological polar surface area (TPSA) is 94.7 Å². The lowest BCUT2D eigenvalue weighted by atomic mass is 9.80. The first-order chi connectivity index (χ1) is 14.3. The minimum absolute atomic E-state index is 0.227. The molecule has 1 aliphatic carbocycles. The number of ether oxygens (including phenoxy) is 4. The SMILES string of the molecule is CC1C(=O)OC2CC3(C)OC3C(OC(=O)CC(C)(C)C)C(N(C)C)C3C=C(OC3=O)C21. The zero-order chi connectivity index (χ0) is 22.9. The first kappa shape index (κ1) is 22.3. The van der Waals surface area contributed by atoms with Gasteiger partial charge in [-0.15, -0.1) is 0 Å². The highest BCUT2D eigenvalue weighted by Crippen LogP contribution is 2.51. The van der Waals surface area contributed by atoms with Gasteiger partial charge in [0.2, 0.25) is 0 Å². The molecule has 3 heterocycles. The van der Waals surface area contributed by atoms with E-state index in [1.165, 1.54) is 0 Å². The summed E-state index contributed by atoms with van der Waals surface area (Å²) >= 11 is 0. The molecule has 4 rings (SSSR count). The normalized spacial score (nSPS) is 41.7. The Kier molecular flexibility index (Phi) is 5.25. The Labute approximate surface area is 183 Å². The molecule has 0 saturated carbocycles. The second-order valence-corrected chi connectivity index (χ2v) is 11.0. The zero-order valence-electron chi connectivity index (χ0n) is 19.3. The Bertz CT molecular complexity index is 828. The number of hydrogen-bond donors (Lipinski definition) is 0. The predicted molar refractivity (Wildman–Crippen MR) is 110 cm³/mol. The number of carbonyl (C=O) groups excluding carboxylic acids is 3. The van der Waals surface area contributed by atoms with Crippen LogP contribution in [0.3, 0.4) is 0 Å². The summed E-state index contributed by atoms with van der Waals surface area (Å²) < 4.78 is 23.4. The van der Waals surface area contributed by atoms with Crippen molar-refractivity contribution in [2.75, 3.05) is 14.1 Å².